The van der Waals surface area contributed by atoms with Gasteiger partial charge < -0.3 is 10.2 Å². The molecule has 1 atom stereocenters. The highest BCUT2D eigenvalue weighted by molar-refractivity contribution is 5.98. The van der Waals surface area contributed by atoms with E-state index in [1.165, 1.54) is 0 Å². The van der Waals surface area contributed by atoms with Crippen molar-refractivity contribution in [2.75, 3.05) is 37.6 Å². The first-order chi connectivity index (χ1) is 14.5. The van der Waals surface area contributed by atoms with Gasteiger partial charge in [0.05, 0.1) is 16.8 Å². The first kappa shape index (κ1) is 20.3. The average molecular weight is 404 g/mol. The second-order valence-electron chi connectivity index (χ2n) is 8.17. The third-order valence-corrected chi connectivity index (χ3v) is 5.66. The molecule has 6 nitrogen and oxygen atoms in total. The number of amides is 1. The molecule has 1 N–H and O–H groups in total. The van der Waals surface area contributed by atoms with Crippen molar-refractivity contribution >= 4 is 22.6 Å². The zero-order valence-corrected chi connectivity index (χ0v) is 17.9. The van der Waals surface area contributed by atoms with Crippen LogP contribution < -0.4 is 10.2 Å². The van der Waals surface area contributed by atoms with Crippen LogP contribution >= 0.6 is 0 Å². The summed E-state index contributed by atoms with van der Waals surface area (Å²) in [5.74, 6) is 0.982. The summed E-state index contributed by atoms with van der Waals surface area (Å²) in [5, 5.41) is 4.16. The number of carbonyl (C=O) groups excluding carboxylic acids is 1. The summed E-state index contributed by atoms with van der Waals surface area (Å²) in [5.41, 5.74) is 3.51. The highest BCUT2D eigenvalue weighted by Gasteiger charge is 2.21. The Morgan fingerprint density at radius 1 is 1.10 bits per heavy atom. The van der Waals surface area contributed by atoms with Gasteiger partial charge in [0.25, 0.3) is 5.91 Å². The maximum absolute atomic E-state index is 12.9. The summed E-state index contributed by atoms with van der Waals surface area (Å²) < 4.78 is 0. The van der Waals surface area contributed by atoms with E-state index in [4.69, 9.17) is 0 Å². The molecule has 4 rings (SSSR count). The number of hydrogen-bond acceptors (Lipinski definition) is 5. The van der Waals surface area contributed by atoms with E-state index in [1.54, 1.807) is 0 Å². The van der Waals surface area contributed by atoms with Crippen LogP contribution in [0.3, 0.4) is 0 Å². The monoisotopic (exact) mass is 403 g/mol. The van der Waals surface area contributed by atoms with Crippen molar-refractivity contribution < 1.29 is 4.79 Å². The zero-order chi connectivity index (χ0) is 21.1. The lowest BCUT2D eigenvalue weighted by atomic mass is 10.1. The normalized spacial score (nSPS) is 15.9. The molecule has 1 unspecified atom stereocenters. The predicted octanol–water partition coefficient (Wildman–Crippen LogP) is 3.19. The molecule has 30 heavy (non-hydrogen) atoms. The molecule has 1 amide bonds. The van der Waals surface area contributed by atoms with Crippen LogP contribution in [0.5, 0.6) is 0 Å². The lowest BCUT2D eigenvalue weighted by Gasteiger charge is -2.36. The molecule has 1 fully saturated rings. The number of rotatable bonds is 5. The molecule has 0 bridgehead atoms. The molecule has 6 heteroatoms. The maximum atomic E-state index is 12.9. The van der Waals surface area contributed by atoms with Gasteiger partial charge in [0.2, 0.25) is 0 Å². The van der Waals surface area contributed by atoms with Crippen molar-refractivity contribution in [1.82, 2.24) is 20.2 Å². The molecule has 156 valence electrons. The largest absolute Gasteiger partial charge is 0.354 e. The number of anilines is 1. The van der Waals surface area contributed by atoms with E-state index >= 15 is 0 Å². The third kappa shape index (κ3) is 4.60. The number of aryl methyl sites for hydroxylation is 2. The van der Waals surface area contributed by atoms with Crippen LogP contribution in [0.4, 0.5) is 5.82 Å². The van der Waals surface area contributed by atoms with E-state index in [-0.39, 0.29) is 11.9 Å². The van der Waals surface area contributed by atoms with Crippen molar-refractivity contribution in [3.63, 3.8) is 0 Å². The van der Waals surface area contributed by atoms with E-state index in [0.29, 0.717) is 5.56 Å². The topological polar surface area (TPSA) is 61.4 Å². The van der Waals surface area contributed by atoms with Crippen LogP contribution in [-0.4, -0.2) is 59.5 Å². The summed E-state index contributed by atoms with van der Waals surface area (Å²) in [4.78, 5) is 26.7. The van der Waals surface area contributed by atoms with Crippen LogP contribution in [0, 0.1) is 13.8 Å². The second kappa shape index (κ2) is 8.79. The predicted molar refractivity (Wildman–Crippen MR) is 121 cm³/mol. The Labute approximate surface area is 177 Å². The van der Waals surface area contributed by atoms with E-state index in [2.05, 4.69) is 51.1 Å². The van der Waals surface area contributed by atoms with Gasteiger partial charge >= 0.3 is 0 Å². The quantitative estimate of drug-likeness (QED) is 0.709. The lowest BCUT2D eigenvalue weighted by molar-refractivity contribution is 0.0927. The molecule has 0 radical (unpaired) electrons. The lowest BCUT2D eigenvalue weighted by Crippen LogP contribution is -2.51. The average Bonchev–Trinajstić information content (AvgIpc) is 2.74. The van der Waals surface area contributed by atoms with Crippen LogP contribution in [0.1, 0.15) is 28.5 Å². The fourth-order valence-corrected chi connectivity index (χ4v) is 4.06. The number of nitrogens with one attached hydrogen (secondary N) is 1. The minimum Gasteiger partial charge on any atom is -0.354 e. The molecule has 0 saturated carbocycles. The van der Waals surface area contributed by atoms with Gasteiger partial charge in [-0.05, 0) is 51.1 Å². The minimum absolute atomic E-state index is 0.0528. The maximum Gasteiger partial charge on any atom is 0.253 e. The summed E-state index contributed by atoms with van der Waals surface area (Å²) in [6.07, 6.45) is 1.84. The Bertz CT molecular complexity index is 1030. The van der Waals surface area contributed by atoms with E-state index in [1.807, 2.05) is 43.5 Å². The summed E-state index contributed by atoms with van der Waals surface area (Å²) in [6.45, 7) is 10.7. The zero-order valence-electron chi connectivity index (χ0n) is 17.9. The van der Waals surface area contributed by atoms with Crippen LogP contribution in [0.15, 0.2) is 48.7 Å². The van der Waals surface area contributed by atoms with Gasteiger partial charge in [0, 0.05) is 50.3 Å². The number of hydrogen-bond donors (Lipinski definition) is 1. The van der Waals surface area contributed by atoms with E-state index in [9.17, 15) is 4.79 Å². The molecule has 3 aromatic rings. The highest BCUT2D eigenvalue weighted by atomic mass is 16.1. The van der Waals surface area contributed by atoms with E-state index < -0.39 is 0 Å². The van der Waals surface area contributed by atoms with Crippen molar-refractivity contribution in [3.8, 4) is 0 Å². The first-order valence-corrected chi connectivity index (χ1v) is 10.6. The fourth-order valence-electron chi connectivity index (χ4n) is 4.06. The van der Waals surface area contributed by atoms with Gasteiger partial charge in [0.1, 0.15) is 5.82 Å². The molecule has 3 heterocycles. The molecule has 1 aliphatic rings. The first-order valence-electron chi connectivity index (χ1n) is 10.6. The molecule has 1 aliphatic heterocycles. The van der Waals surface area contributed by atoms with Crippen LogP contribution in [0.25, 0.3) is 10.9 Å². The van der Waals surface area contributed by atoms with Crippen LogP contribution in [-0.2, 0) is 0 Å². The van der Waals surface area contributed by atoms with Gasteiger partial charge in [0.15, 0.2) is 0 Å². The number of nitrogens with zero attached hydrogens (tertiary/aromatic N) is 4. The smallest absolute Gasteiger partial charge is 0.253 e. The Kier molecular flexibility index (Phi) is 5.95. The van der Waals surface area contributed by atoms with Crippen molar-refractivity contribution in [1.29, 1.82) is 0 Å². The number of pyridine rings is 2. The van der Waals surface area contributed by atoms with Gasteiger partial charge in [-0.2, -0.15) is 0 Å². The number of piperazine rings is 1. The Hall–Kier alpha value is -2.99. The van der Waals surface area contributed by atoms with Crippen molar-refractivity contribution in [3.05, 3.63) is 65.5 Å². The summed E-state index contributed by atoms with van der Waals surface area (Å²) in [6, 6.07) is 14.2. The third-order valence-electron chi connectivity index (χ3n) is 5.66. The number of aromatic nitrogens is 2. The van der Waals surface area contributed by atoms with Crippen molar-refractivity contribution in [2.24, 2.45) is 0 Å². The molecule has 1 saturated heterocycles. The summed E-state index contributed by atoms with van der Waals surface area (Å²) >= 11 is 0. The molecule has 0 aliphatic carbocycles. The molecule has 0 spiro atoms. The molecular weight excluding hydrogens is 374 g/mol. The van der Waals surface area contributed by atoms with Gasteiger partial charge in [-0.25, -0.2) is 4.98 Å². The van der Waals surface area contributed by atoms with Gasteiger partial charge in [-0.1, -0.05) is 17.7 Å². The van der Waals surface area contributed by atoms with E-state index in [0.717, 1.165) is 60.7 Å². The molecule has 1 aromatic carbocycles. The van der Waals surface area contributed by atoms with Crippen LogP contribution in [0.2, 0.25) is 0 Å². The fraction of sp³-hybridized carbons (Fsp3) is 0.375. The highest BCUT2D eigenvalue weighted by Crippen LogP contribution is 2.18. The van der Waals surface area contributed by atoms with Crippen molar-refractivity contribution in [2.45, 2.75) is 26.8 Å². The summed E-state index contributed by atoms with van der Waals surface area (Å²) in [7, 11) is 0. The SMILES string of the molecule is Cc1ccc2nc(C)c(C(=O)NC(C)CN3CCN(c4ccccn4)CC3)cc2c1. The van der Waals surface area contributed by atoms with Gasteiger partial charge in [-0.3, -0.25) is 14.7 Å². The minimum atomic E-state index is -0.0528. The molecular formula is C24H29N5O. The number of carbonyl (C=O) groups is 1. The van der Waals surface area contributed by atoms with Gasteiger partial charge in [-0.15, -0.1) is 0 Å². The number of fused-ring (bicyclic) bond motifs is 1. The molecule has 2 aromatic heterocycles. The number of benzene rings is 1. The Balaban J connectivity index is 1.34. The standard InChI is InChI=1S/C24H29N5O/c1-17-7-8-22-20(14-17)15-21(19(3)27-22)24(30)26-18(2)16-28-10-12-29(13-11-28)23-6-4-5-9-25-23/h4-9,14-15,18H,10-13,16H2,1-3H3,(H,26,30). The Morgan fingerprint density at radius 3 is 2.63 bits per heavy atom. The Morgan fingerprint density at radius 2 is 1.90 bits per heavy atom. The second-order valence-corrected chi connectivity index (χ2v) is 8.17.